The van der Waals surface area contributed by atoms with E-state index in [1.807, 2.05) is 25.1 Å². The van der Waals surface area contributed by atoms with E-state index in [1.165, 1.54) is 19.3 Å². The topological polar surface area (TPSA) is 32.7 Å². The number of unbranched alkanes of at least 4 members (excludes halogenated alkanes) is 1. The summed E-state index contributed by atoms with van der Waals surface area (Å²) in [6.45, 7) is 5.58. The predicted octanol–water partition coefficient (Wildman–Crippen LogP) is 3.52. The molecule has 1 aliphatic rings. The van der Waals surface area contributed by atoms with Gasteiger partial charge in [0.05, 0.1) is 0 Å². The van der Waals surface area contributed by atoms with Crippen molar-refractivity contribution in [3.05, 3.63) is 35.9 Å². The average molecular weight is 291 g/mol. The normalized spacial score (nSPS) is 19.3. The van der Waals surface area contributed by atoms with Gasteiger partial charge < -0.3 is 9.84 Å². The van der Waals surface area contributed by atoms with Gasteiger partial charge in [0.2, 0.25) is 0 Å². The van der Waals surface area contributed by atoms with E-state index in [4.69, 9.17) is 4.74 Å². The lowest BCUT2D eigenvalue weighted by molar-refractivity contribution is -0.131. The Kier molecular flexibility index (Phi) is 6.68. The van der Waals surface area contributed by atoms with Gasteiger partial charge in [0, 0.05) is 26.3 Å². The van der Waals surface area contributed by atoms with Crippen LogP contribution in [0.2, 0.25) is 0 Å². The summed E-state index contributed by atoms with van der Waals surface area (Å²) < 4.78 is 5.40. The Bertz CT molecular complexity index is 389. The second-order valence-electron chi connectivity index (χ2n) is 5.88. The van der Waals surface area contributed by atoms with Gasteiger partial charge in [-0.2, -0.15) is 0 Å². The van der Waals surface area contributed by atoms with E-state index in [-0.39, 0.29) is 0 Å². The second-order valence-corrected chi connectivity index (χ2v) is 5.88. The molecule has 1 aromatic carbocycles. The highest BCUT2D eigenvalue weighted by Gasteiger charge is 2.36. The smallest absolute Gasteiger partial charge is 0.144 e. The Balaban J connectivity index is 2.02. The third-order valence-electron chi connectivity index (χ3n) is 4.38. The molecule has 1 N–H and O–H groups in total. The molecule has 0 aromatic heterocycles. The van der Waals surface area contributed by atoms with Crippen LogP contribution in [-0.2, 0) is 10.5 Å². The minimum Gasteiger partial charge on any atom is -0.382 e. The molecule has 0 radical (unpaired) electrons. The highest BCUT2D eigenvalue weighted by atomic mass is 16.5. The van der Waals surface area contributed by atoms with Crippen molar-refractivity contribution in [1.82, 2.24) is 4.90 Å². The van der Waals surface area contributed by atoms with Gasteiger partial charge in [0.1, 0.15) is 5.72 Å². The molecule has 118 valence electrons. The number of piperidine rings is 1. The Labute approximate surface area is 128 Å². The third kappa shape index (κ3) is 4.53. The van der Waals surface area contributed by atoms with Crippen molar-refractivity contribution >= 4 is 0 Å². The van der Waals surface area contributed by atoms with E-state index in [1.54, 1.807) is 0 Å². The van der Waals surface area contributed by atoms with E-state index >= 15 is 0 Å². The fraction of sp³-hybridized carbons (Fsp3) is 0.667. The fourth-order valence-electron chi connectivity index (χ4n) is 3.17. The van der Waals surface area contributed by atoms with Gasteiger partial charge in [0.15, 0.2) is 0 Å². The summed E-state index contributed by atoms with van der Waals surface area (Å²) in [5.74, 6) is 0. The summed E-state index contributed by atoms with van der Waals surface area (Å²) in [7, 11) is 0. The van der Waals surface area contributed by atoms with Gasteiger partial charge in [-0.3, -0.25) is 4.90 Å². The van der Waals surface area contributed by atoms with Crippen LogP contribution in [0.15, 0.2) is 30.3 Å². The molecule has 1 saturated heterocycles. The molecule has 3 heteroatoms. The van der Waals surface area contributed by atoms with Crippen molar-refractivity contribution < 1.29 is 9.84 Å². The first kappa shape index (κ1) is 16.5. The number of hydrogen-bond acceptors (Lipinski definition) is 3. The third-order valence-corrected chi connectivity index (χ3v) is 4.38. The molecule has 2 rings (SSSR count). The quantitative estimate of drug-likeness (QED) is 0.744. The number of likely N-dealkylation sites (tertiary alicyclic amines) is 1. The lowest BCUT2D eigenvalue weighted by atomic mass is 9.93. The highest BCUT2D eigenvalue weighted by Crippen LogP contribution is 2.33. The monoisotopic (exact) mass is 291 g/mol. The van der Waals surface area contributed by atoms with Crippen LogP contribution in [0.25, 0.3) is 0 Å². The zero-order valence-corrected chi connectivity index (χ0v) is 13.3. The molecule has 0 aliphatic carbocycles. The molecule has 21 heavy (non-hydrogen) atoms. The lowest BCUT2D eigenvalue weighted by Gasteiger charge is -2.42. The van der Waals surface area contributed by atoms with Crippen LogP contribution in [0, 0.1) is 0 Å². The Hall–Kier alpha value is -0.900. The maximum atomic E-state index is 11.3. The maximum Gasteiger partial charge on any atom is 0.144 e. The summed E-state index contributed by atoms with van der Waals surface area (Å²) in [5, 5.41) is 11.3. The summed E-state index contributed by atoms with van der Waals surface area (Å²) in [6.07, 6.45) is 6.44. The number of ether oxygens (including phenoxy) is 1. The molecular weight excluding hydrogens is 262 g/mol. The van der Waals surface area contributed by atoms with Gasteiger partial charge in [-0.1, -0.05) is 36.8 Å². The molecule has 1 fully saturated rings. The van der Waals surface area contributed by atoms with E-state index in [0.717, 1.165) is 51.1 Å². The van der Waals surface area contributed by atoms with Crippen molar-refractivity contribution in [2.45, 2.75) is 51.2 Å². The molecule has 0 amide bonds. The van der Waals surface area contributed by atoms with E-state index in [0.29, 0.717) is 0 Å². The van der Waals surface area contributed by atoms with Crippen molar-refractivity contribution in [2.24, 2.45) is 0 Å². The first-order valence-corrected chi connectivity index (χ1v) is 8.38. The van der Waals surface area contributed by atoms with Crippen LogP contribution < -0.4 is 0 Å². The molecule has 0 saturated carbocycles. The van der Waals surface area contributed by atoms with E-state index in [2.05, 4.69) is 17.0 Å². The first-order valence-electron chi connectivity index (χ1n) is 8.38. The molecule has 1 atom stereocenters. The highest BCUT2D eigenvalue weighted by molar-refractivity contribution is 5.22. The number of benzene rings is 1. The molecule has 1 aliphatic heterocycles. The zero-order chi connectivity index (χ0) is 15.0. The van der Waals surface area contributed by atoms with Crippen molar-refractivity contribution in [3.8, 4) is 0 Å². The summed E-state index contributed by atoms with van der Waals surface area (Å²) >= 11 is 0. The van der Waals surface area contributed by atoms with Gasteiger partial charge in [0.25, 0.3) is 0 Å². The standard InChI is InChI=1S/C18H29NO2/c1-2-21-16-10-7-13-18(20,17-11-5-3-6-12-17)19-14-8-4-9-15-19/h3,5-6,11-12,20H,2,4,7-10,13-16H2,1H3. The van der Waals surface area contributed by atoms with Gasteiger partial charge in [-0.15, -0.1) is 0 Å². The number of aliphatic hydroxyl groups is 1. The van der Waals surface area contributed by atoms with Gasteiger partial charge >= 0.3 is 0 Å². The molecule has 1 unspecified atom stereocenters. The fourth-order valence-corrected chi connectivity index (χ4v) is 3.17. The first-order chi connectivity index (χ1) is 10.3. The summed E-state index contributed by atoms with van der Waals surface area (Å²) in [5.41, 5.74) is 0.219. The van der Waals surface area contributed by atoms with Crippen LogP contribution in [0.1, 0.15) is 51.0 Å². The zero-order valence-electron chi connectivity index (χ0n) is 13.3. The van der Waals surface area contributed by atoms with Crippen LogP contribution in [0.3, 0.4) is 0 Å². The summed E-state index contributed by atoms with van der Waals surface area (Å²) in [6, 6.07) is 10.2. The Morgan fingerprint density at radius 2 is 1.81 bits per heavy atom. The van der Waals surface area contributed by atoms with Gasteiger partial charge in [-0.05, 0) is 44.6 Å². The number of rotatable bonds is 8. The van der Waals surface area contributed by atoms with Crippen molar-refractivity contribution in [1.29, 1.82) is 0 Å². The van der Waals surface area contributed by atoms with Crippen LogP contribution >= 0.6 is 0 Å². The molecule has 1 heterocycles. The average Bonchev–Trinajstić information content (AvgIpc) is 2.56. The maximum absolute atomic E-state index is 11.3. The molecule has 3 nitrogen and oxygen atoms in total. The van der Waals surface area contributed by atoms with E-state index in [9.17, 15) is 5.11 Å². The van der Waals surface area contributed by atoms with Crippen molar-refractivity contribution in [2.75, 3.05) is 26.3 Å². The molecule has 1 aromatic rings. The minimum atomic E-state index is -0.812. The summed E-state index contributed by atoms with van der Waals surface area (Å²) in [4.78, 5) is 2.27. The van der Waals surface area contributed by atoms with Gasteiger partial charge in [-0.25, -0.2) is 0 Å². The second kappa shape index (κ2) is 8.52. The van der Waals surface area contributed by atoms with E-state index < -0.39 is 5.72 Å². The SMILES string of the molecule is CCOCCCCC(O)(c1ccccc1)N1CCCCC1. The molecule has 0 bridgehead atoms. The molecule has 0 spiro atoms. The van der Waals surface area contributed by atoms with Crippen LogP contribution in [0.4, 0.5) is 0 Å². The minimum absolute atomic E-state index is 0.773. The number of nitrogens with zero attached hydrogens (tertiary/aromatic N) is 1. The largest absolute Gasteiger partial charge is 0.382 e. The van der Waals surface area contributed by atoms with Crippen LogP contribution in [0.5, 0.6) is 0 Å². The van der Waals surface area contributed by atoms with Crippen LogP contribution in [-0.4, -0.2) is 36.3 Å². The predicted molar refractivity (Wildman–Crippen MR) is 86.1 cm³/mol. The lowest BCUT2D eigenvalue weighted by Crippen LogP contribution is -2.48. The Morgan fingerprint density at radius 3 is 2.48 bits per heavy atom. The Morgan fingerprint density at radius 1 is 1.10 bits per heavy atom. The van der Waals surface area contributed by atoms with Crippen molar-refractivity contribution in [3.63, 3.8) is 0 Å². The number of hydrogen-bond donors (Lipinski definition) is 1. The molecular formula is C18H29NO2.